The Morgan fingerprint density at radius 2 is 1.94 bits per heavy atom. The first-order chi connectivity index (χ1) is 8.49. The molecule has 2 rings (SSSR count). The third-order valence-electron chi connectivity index (χ3n) is 3.38. The highest BCUT2D eigenvalue weighted by Crippen LogP contribution is 2.28. The van der Waals surface area contributed by atoms with E-state index in [1.54, 1.807) is 12.1 Å². The van der Waals surface area contributed by atoms with Crippen molar-refractivity contribution in [2.75, 3.05) is 5.75 Å². The van der Waals surface area contributed by atoms with Crippen LogP contribution in [0.15, 0.2) is 24.3 Å². The van der Waals surface area contributed by atoms with Gasteiger partial charge >= 0.3 is 0 Å². The van der Waals surface area contributed by atoms with Gasteiger partial charge in [0, 0.05) is 4.83 Å². The summed E-state index contributed by atoms with van der Waals surface area (Å²) in [5.41, 5.74) is 0.957. The van der Waals surface area contributed by atoms with Gasteiger partial charge in [-0.15, -0.1) is 0 Å². The highest BCUT2D eigenvalue weighted by molar-refractivity contribution is 9.09. The van der Waals surface area contributed by atoms with Crippen LogP contribution in [0.2, 0.25) is 0 Å². The second kappa shape index (κ2) is 5.70. The summed E-state index contributed by atoms with van der Waals surface area (Å²) in [6.45, 7) is 0. The molecule has 5 heteroatoms. The van der Waals surface area contributed by atoms with Crippen molar-refractivity contribution in [2.45, 2.75) is 35.8 Å². The minimum Gasteiger partial charge on any atom is -0.229 e. The molecule has 0 saturated carbocycles. The van der Waals surface area contributed by atoms with E-state index < -0.39 is 9.84 Å². The van der Waals surface area contributed by atoms with Crippen molar-refractivity contribution in [3.05, 3.63) is 35.6 Å². The molecule has 2 atom stereocenters. The Balaban J connectivity index is 2.07. The number of halogens is 2. The maximum atomic E-state index is 12.8. The van der Waals surface area contributed by atoms with Crippen LogP contribution in [0.5, 0.6) is 0 Å². The molecular formula is C13H16BrFO2S. The molecule has 100 valence electrons. The van der Waals surface area contributed by atoms with Gasteiger partial charge in [0.05, 0.1) is 11.0 Å². The fourth-order valence-corrected chi connectivity index (χ4v) is 5.97. The highest BCUT2D eigenvalue weighted by Gasteiger charge is 2.34. The Bertz CT molecular complexity index is 498. The minimum absolute atomic E-state index is 0.0896. The first-order valence-corrected chi connectivity index (χ1v) is 8.72. The van der Waals surface area contributed by atoms with E-state index in [0.717, 1.165) is 24.8 Å². The van der Waals surface area contributed by atoms with E-state index in [4.69, 9.17) is 0 Å². The van der Waals surface area contributed by atoms with Crippen molar-refractivity contribution in [1.82, 2.24) is 0 Å². The first kappa shape index (κ1) is 14.0. The van der Waals surface area contributed by atoms with E-state index in [1.807, 2.05) is 0 Å². The molecule has 18 heavy (non-hydrogen) atoms. The molecule has 0 bridgehead atoms. The maximum absolute atomic E-state index is 12.8. The molecule has 1 saturated heterocycles. The fraction of sp³-hybridized carbons (Fsp3) is 0.538. The quantitative estimate of drug-likeness (QED) is 0.796. The third kappa shape index (κ3) is 3.32. The standard InChI is InChI=1S/C13H16BrFO2S/c14-12(9-10-4-6-11(15)7-5-10)13-3-1-2-8-18(13,16)17/h4-7,12-13H,1-3,8-9H2. The van der Waals surface area contributed by atoms with E-state index >= 15 is 0 Å². The zero-order chi connectivity index (χ0) is 13.2. The van der Waals surface area contributed by atoms with Crippen molar-refractivity contribution in [3.63, 3.8) is 0 Å². The molecular weight excluding hydrogens is 319 g/mol. The number of sulfone groups is 1. The van der Waals surface area contributed by atoms with Gasteiger partial charge in [0.25, 0.3) is 0 Å². The predicted octanol–water partition coefficient (Wildman–Crippen LogP) is 3.10. The van der Waals surface area contributed by atoms with Crippen LogP contribution in [0.3, 0.4) is 0 Å². The molecule has 1 aromatic carbocycles. The summed E-state index contributed by atoms with van der Waals surface area (Å²) < 4.78 is 36.7. The van der Waals surface area contributed by atoms with Gasteiger partial charge < -0.3 is 0 Å². The van der Waals surface area contributed by atoms with Crippen LogP contribution in [0.1, 0.15) is 24.8 Å². The average Bonchev–Trinajstić information content (AvgIpc) is 2.31. The molecule has 1 aromatic rings. The van der Waals surface area contributed by atoms with Crippen molar-refractivity contribution in [3.8, 4) is 0 Å². The largest absolute Gasteiger partial charge is 0.229 e. The topological polar surface area (TPSA) is 34.1 Å². The Morgan fingerprint density at radius 1 is 1.28 bits per heavy atom. The molecule has 0 N–H and O–H groups in total. The van der Waals surface area contributed by atoms with Gasteiger partial charge in [-0.05, 0) is 37.0 Å². The highest BCUT2D eigenvalue weighted by atomic mass is 79.9. The molecule has 2 unspecified atom stereocenters. The summed E-state index contributed by atoms with van der Waals surface area (Å²) in [6.07, 6.45) is 3.08. The molecule has 0 radical (unpaired) electrons. The molecule has 1 heterocycles. The van der Waals surface area contributed by atoms with Gasteiger partial charge in [-0.3, -0.25) is 0 Å². The molecule has 0 aliphatic carbocycles. The summed E-state index contributed by atoms with van der Waals surface area (Å²) in [4.78, 5) is -0.0896. The molecule has 2 nitrogen and oxygen atoms in total. The van der Waals surface area contributed by atoms with E-state index in [1.165, 1.54) is 12.1 Å². The fourth-order valence-electron chi connectivity index (χ4n) is 2.36. The Kier molecular flexibility index (Phi) is 4.43. The second-order valence-electron chi connectivity index (χ2n) is 4.75. The zero-order valence-corrected chi connectivity index (χ0v) is 12.4. The van der Waals surface area contributed by atoms with Gasteiger partial charge in [0.1, 0.15) is 5.82 Å². The van der Waals surface area contributed by atoms with Gasteiger partial charge in [-0.2, -0.15) is 0 Å². The molecule has 1 aliphatic rings. The van der Waals surface area contributed by atoms with Crippen LogP contribution in [0.4, 0.5) is 4.39 Å². The number of rotatable bonds is 3. The smallest absolute Gasteiger partial charge is 0.154 e. The van der Waals surface area contributed by atoms with Gasteiger partial charge in [-0.1, -0.05) is 34.5 Å². The lowest BCUT2D eigenvalue weighted by Gasteiger charge is -2.26. The zero-order valence-electron chi connectivity index (χ0n) is 9.98. The van der Waals surface area contributed by atoms with Crippen molar-refractivity contribution in [1.29, 1.82) is 0 Å². The van der Waals surface area contributed by atoms with Crippen LogP contribution in [-0.4, -0.2) is 24.2 Å². The van der Waals surface area contributed by atoms with Crippen molar-refractivity contribution >= 4 is 25.8 Å². The number of benzene rings is 1. The molecule has 1 fully saturated rings. The molecule has 0 aromatic heterocycles. The van der Waals surface area contributed by atoms with Crippen LogP contribution in [-0.2, 0) is 16.3 Å². The monoisotopic (exact) mass is 334 g/mol. The van der Waals surface area contributed by atoms with E-state index in [0.29, 0.717) is 12.2 Å². The molecule has 0 spiro atoms. The number of hydrogen-bond acceptors (Lipinski definition) is 2. The number of hydrogen-bond donors (Lipinski definition) is 0. The lowest BCUT2D eigenvalue weighted by molar-refractivity contribution is 0.533. The normalized spacial score (nSPS) is 24.7. The van der Waals surface area contributed by atoms with Gasteiger partial charge in [0.2, 0.25) is 0 Å². The van der Waals surface area contributed by atoms with Crippen LogP contribution < -0.4 is 0 Å². The average molecular weight is 335 g/mol. The minimum atomic E-state index is -2.97. The second-order valence-corrected chi connectivity index (χ2v) is 8.26. The van der Waals surface area contributed by atoms with Gasteiger partial charge in [0.15, 0.2) is 9.84 Å². The number of alkyl halides is 1. The molecule has 0 amide bonds. The van der Waals surface area contributed by atoms with Crippen LogP contribution in [0.25, 0.3) is 0 Å². The summed E-state index contributed by atoms with van der Waals surface area (Å²) in [7, 11) is -2.97. The van der Waals surface area contributed by atoms with Gasteiger partial charge in [-0.25, -0.2) is 12.8 Å². The van der Waals surface area contributed by atoms with Crippen molar-refractivity contribution < 1.29 is 12.8 Å². The third-order valence-corrected chi connectivity index (χ3v) is 7.03. The Hall–Kier alpha value is -0.420. The van der Waals surface area contributed by atoms with Crippen LogP contribution in [0, 0.1) is 5.82 Å². The maximum Gasteiger partial charge on any atom is 0.154 e. The summed E-state index contributed by atoms with van der Waals surface area (Å²) >= 11 is 3.50. The van der Waals surface area contributed by atoms with E-state index in [9.17, 15) is 12.8 Å². The SMILES string of the molecule is O=S1(=O)CCCCC1C(Br)Cc1ccc(F)cc1. The Labute approximate surface area is 116 Å². The first-order valence-electron chi connectivity index (χ1n) is 6.09. The predicted molar refractivity (Wildman–Crippen MR) is 74.2 cm³/mol. The van der Waals surface area contributed by atoms with E-state index in [-0.39, 0.29) is 15.9 Å². The molecule has 1 aliphatic heterocycles. The summed E-state index contributed by atoms with van der Waals surface area (Å²) in [6, 6.07) is 6.23. The van der Waals surface area contributed by atoms with E-state index in [2.05, 4.69) is 15.9 Å². The summed E-state index contributed by atoms with van der Waals surface area (Å²) in [5, 5.41) is -0.309. The lowest BCUT2D eigenvalue weighted by Crippen LogP contribution is -2.36. The van der Waals surface area contributed by atoms with Crippen LogP contribution >= 0.6 is 15.9 Å². The Morgan fingerprint density at radius 3 is 2.56 bits per heavy atom. The summed E-state index contributed by atoms with van der Waals surface area (Å²) in [5.74, 6) is 0.0265. The lowest BCUT2D eigenvalue weighted by atomic mass is 10.0. The van der Waals surface area contributed by atoms with Crippen molar-refractivity contribution in [2.24, 2.45) is 0 Å².